The maximum atomic E-state index is 14.0. The Bertz CT molecular complexity index is 1460. The first-order valence-corrected chi connectivity index (χ1v) is 15.0. The van der Waals surface area contributed by atoms with E-state index in [4.69, 9.17) is 25.8 Å². The van der Waals surface area contributed by atoms with Crippen LogP contribution < -0.4 is 24.4 Å². The van der Waals surface area contributed by atoms with Gasteiger partial charge in [0.05, 0.1) is 20.9 Å². The summed E-state index contributed by atoms with van der Waals surface area (Å²) in [5.41, 5.74) is 1.06. The van der Waals surface area contributed by atoms with Gasteiger partial charge >= 0.3 is 0 Å². The number of likely N-dealkylation sites (tertiary alicyclic amines) is 1. The van der Waals surface area contributed by atoms with E-state index in [9.17, 15) is 14.4 Å². The normalized spacial score (nSPS) is 15.8. The van der Waals surface area contributed by atoms with Crippen LogP contribution in [-0.4, -0.2) is 86.7 Å². The second-order valence-electron chi connectivity index (χ2n) is 10.9. The lowest BCUT2D eigenvalue weighted by atomic mass is 9.85. The summed E-state index contributed by atoms with van der Waals surface area (Å²) >= 11 is 5.93. The van der Waals surface area contributed by atoms with E-state index >= 15 is 0 Å². The molecule has 0 atom stereocenters. The van der Waals surface area contributed by atoms with E-state index in [0.717, 1.165) is 11.3 Å². The standard InChI is InChI=1S/C33H37ClN4O6/c1-42-28-13-8-24(20-29(28)43-2)14-17-35-30(39)21-37-23-38(26-6-4-3-5-7-26)33(32(37)41)15-18-36(19-16-33)31(40)22-44-27-11-9-25(34)10-12-27/h3-13,20H,14-19,21-23H2,1-2H3,(H,35,39). The molecule has 2 aliphatic heterocycles. The van der Waals surface area contributed by atoms with Crippen LogP contribution in [0.1, 0.15) is 18.4 Å². The molecule has 11 heteroatoms. The van der Waals surface area contributed by atoms with Gasteiger partial charge in [-0.15, -0.1) is 0 Å². The van der Waals surface area contributed by atoms with Crippen molar-refractivity contribution in [3.63, 3.8) is 0 Å². The molecule has 0 unspecified atom stereocenters. The third-order valence-electron chi connectivity index (χ3n) is 8.22. The van der Waals surface area contributed by atoms with Gasteiger partial charge in [-0.2, -0.15) is 0 Å². The van der Waals surface area contributed by atoms with Crippen LogP contribution in [-0.2, 0) is 20.8 Å². The number of rotatable bonds is 11. The second-order valence-corrected chi connectivity index (χ2v) is 11.3. The van der Waals surface area contributed by atoms with Gasteiger partial charge in [0.25, 0.3) is 11.8 Å². The third kappa shape index (κ3) is 6.86. The van der Waals surface area contributed by atoms with Crippen molar-refractivity contribution < 1.29 is 28.6 Å². The number of para-hydroxylation sites is 1. The first-order chi connectivity index (χ1) is 21.3. The highest BCUT2D eigenvalue weighted by atomic mass is 35.5. The summed E-state index contributed by atoms with van der Waals surface area (Å²) in [5, 5.41) is 3.54. The average molecular weight is 621 g/mol. The zero-order valence-electron chi connectivity index (χ0n) is 25.0. The number of amides is 3. The predicted molar refractivity (Wildman–Crippen MR) is 167 cm³/mol. The van der Waals surface area contributed by atoms with Gasteiger partial charge in [0.1, 0.15) is 17.8 Å². The summed E-state index contributed by atoms with van der Waals surface area (Å²) < 4.78 is 16.3. The SMILES string of the molecule is COc1ccc(CCNC(=O)CN2CN(c3ccccc3)C3(CCN(C(=O)COc4ccc(Cl)cc4)CC3)C2=O)cc1OC. The molecule has 10 nitrogen and oxygen atoms in total. The summed E-state index contributed by atoms with van der Waals surface area (Å²) in [5.74, 6) is 1.38. The largest absolute Gasteiger partial charge is 0.493 e. The maximum absolute atomic E-state index is 14.0. The minimum absolute atomic E-state index is 0.0482. The van der Waals surface area contributed by atoms with E-state index in [1.54, 1.807) is 48.3 Å². The van der Waals surface area contributed by atoms with Gasteiger partial charge in [-0.1, -0.05) is 35.9 Å². The molecule has 0 radical (unpaired) electrons. The van der Waals surface area contributed by atoms with Crippen molar-refractivity contribution >= 4 is 35.0 Å². The van der Waals surface area contributed by atoms with Crippen molar-refractivity contribution in [1.82, 2.24) is 15.1 Å². The Hall–Kier alpha value is -4.44. The number of hydrogen-bond donors (Lipinski definition) is 1. The van der Waals surface area contributed by atoms with Crippen LogP contribution in [0.2, 0.25) is 5.02 Å². The van der Waals surface area contributed by atoms with Gasteiger partial charge in [-0.05, 0) is 73.4 Å². The molecule has 0 aliphatic carbocycles. The summed E-state index contributed by atoms with van der Waals surface area (Å²) in [4.78, 5) is 45.3. The molecule has 3 amide bonds. The Morgan fingerprint density at radius 2 is 1.64 bits per heavy atom. The Labute approximate surface area is 262 Å². The molecule has 2 fully saturated rings. The van der Waals surface area contributed by atoms with Crippen LogP contribution in [0.4, 0.5) is 5.69 Å². The average Bonchev–Trinajstić information content (AvgIpc) is 3.31. The first-order valence-electron chi connectivity index (χ1n) is 14.6. The fourth-order valence-electron chi connectivity index (χ4n) is 5.83. The van der Waals surface area contributed by atoms with Crippen LogP contribution in [0.3, 0.4) is 0 Å². The van der Waals surface area contributed by atoms with E-state index in [1.165, 1.54) is 0 Å². The molecule has 0 saturated carbocycles. The zero-order chi connectivity index (χ0) is 31.1. The third-order valence-corrected chi connectivity index (χ3v) is 8.47. The van der Waals surface area contributed by atoms with Crippen molar-refractivity contribution in [1.29, 1.82) is 0 Å². The predicted octanol–water partition coefficient (Wildman–Crippen LogP) is 3.76. The number of carbonyl (C=O) groups excluding carboxylic acids is 3. The molecule has 1 N–H and O–H groups in total. The fourth-order valence-corrected chi connectivity index (χ4v) is 5.95. The van der Waals surface area contributed by atoms with Crippen molar-refractivity contribution in [2.75, 3.05) is 58.6 Å². The van der Waals surface area contributed by atoms with Crippen LogP contribution in [0, 0.1) is 0 Å². The highest BCUT2D eigenvalue weighted by Gasteiger charge is 2.54. The smallest absolute Gasteiger partial charge is 0.260 e. The molecule has 0 bridgehead atoms. The van der Waals surface area contributed by atoms with Gasteiger partial charge in [-0.25, -0.2) is 0 Å². The van der Waals surface area contributed by atoms with Crippen molar-refractivity contribution in [3.05, 3.63) is 83.4 Å². The van der Waals surface area contributed by atoms with E-state index in [-0.39, 0.29) is 30.9 Å². The van der Waals surface area contributed by atoms with E-state index in [2.05, 4.69) is 10.2 Å². The summed E-state index contributed by atoms with van der Waals surface area (Å²) in [6.07, 6.45) is 1.50. The van der Waals surface area contributed by atoms with Crippen LogP contribution in [0.15, 0.2) is 72.8 Å². The Balaban J connectivity index is 1.19. The Morgan fingerprint density at radius 3 is 2.32 bits per heavy atom. The summed E-state index contributed by atoms with van der Waals surface area (Å²) in [6.45, 7) is 1.37. The number of carbonyl (C=O) groups is 3. The molecule has 44 heavy (non-hydrogen) atoms. The molecular weight excluding hydrogens is 584 g/mol. The number of nitrogens with one attached hydrogen (secondary N) is 1. The van der Waals surface area contributed by atoms with Gasteiger partial charge in [0, 0.05) is 30.3 Å². The van der Waals surface area contributed by atoms with Crippen LogP contribution in [0.25, 0.3) is 0 Å². The number of benzene rings is 3. The highest BCUT2D eigenvalue weighted by Crippen LogP contribution is 2.39. The maximum Gasteiger partial charge on any atom is 0.260 e. The first kappa shape index (κ1) is 31.0. The Kier molecular flexibility index (Phi) is 9.79. The molecule has 3 aromatic rings. The van der Waals surface area contributed by atoms with E-state index in [0.29, 0.717) is 67.8 Å². The highest BCUT2D eigenvalue weighted by molar-refractivity contribution is 6.30. The number of anilines is 1. The van der Waals surface area contributed by atoms with E-state index < -0.39 is 5.54 Å². The number of nitrogens with zero attached hydrogens (tertiary/aromatic N) is 3. The lowest BCUT2D eigenvalue weighted by molar-refractivity contribution is -0.140. The quantitative estimate of drug-likeness (QED) is 0.348. The monoisotopic (exact) mass is 620 g/mol. The molecular formula is C33H37ClN4O6. The summed E-state index contributed by atoms with van der Waals surface area (Å²) in [6, 6.07) is 22.2. The van der Waals surface area contributed by atoms with Crippen LogP contribution >= 0.6 is 11.6 Å². The number of hydrogen-bond acceptors (Lipinski definition) is 7. The molecule has 2 saturated heterocycles. The molecule has 3 aromatic carbocycles. The zero-order valence-corrected chi connectivity index (χ0v) is 25.7. The van der Waals surface area contributed by atoms with E-state index in [1.807, 2.05) is 48.5 Å². The summed E-state index contributed by atoms with van der Waals surface area (Å²) in [7, 11) is 3.17. The second kappa shape index (κ2) is 13.9. The minimum atomic E-state index is -0.838. The lowest BCUT2D eigenvalue weighted by Gasteiger charge is -2.43. The fraction of sp³-hybridized carbons (Fsp3) is 0.364. The van der Waals surface area contributed by atoms with Gasteiger partial charge in [0.15, 0.2) is 18.1 Å². The molecule has 232 valence electrons. The van der Waals surface area contributed by atoms with Gasteiger partial charge in [0.2, 0.25) is 5.91 Å². The van der Waals surface area contributed by atoms with Crippen molar-refractivity contribution in [2.45, 2.75) is 24.8 Å². The number of ether oxygens (including phenoxy) is 3. The van der Waals surface area contributed by atoms with Gasteiger partial charge < -0.3 is 34.2 Å². The Morgan fingerprint density at radius 1 is 0.932 bits per heavy atom. The van der Waals surface area contributed by atoms with Crippen molar-refractivity contribution in [2.24, 2.45) is 0 Å². The van der Waals surface area contributed by atoms with Crippen molar-refractivity contribution in [3.8, 4) is 17.2 Å². The number of piperidine rings is 1. The topological polar surface area (TPSA) is 101 Å². The molecule has 5 rings (SSSR count). The molecule has 2 heterocycles. The number of methoxy groups -OCH3 is 2. The molecule has 1 spiro atoms. The van der Waals surface area contributed by atoms with Crippen LogP contribution in [0.5, 0.6) is 17.2 Å². The molecule has 2 aliphatic rings. The number of halogens is 1. The van der Waals surface area contributed by atoms with Gasteiger partial charge in [-0.3, -0.25) is 14.4 Å². The lowest BCUT2D eigenvalue weighted by Crippen LogP contribution is -2.58. The molecule has 0 aromatic heterocycles. The minimum Gasteiger partial charge on any atom is -0.493 e.